The van der Waals surface area contributed by atoms with Crippen molar-refractivity contribution < 1.29 is 13.2 Å². The van der Waals surface area contributed by atoms with E-state index in [1.807, 2.05) is 6.07 Å². The van der Waals surface area contributed by atoms with Crippen LogP contribution in [0.2, 0.25) is 0 Å². The first kappa shape index (κ1) is 17.8. The van der Waals surface area contributed by atoms with Gasteiger partial charge in [0, 0.05) is 29.6 Å². The Labute approximate surface area is 146 Å². The fraction of sp³-hybridized carbons (Fsp3) is 0.167. The molecule has 0 aliphatic rings. The molecular weight excluding hydrogens is 345 g/mol. The van der Waals surface area contributed by atoms with Gasteiger partial charge in [-0.2, -0.15) is 18.2 Å². The summed E-state index contributed by atoms with van der Waals surface area (Å²) < 4.78 is 38.1. The number of nitrogens with two attached hydrogens (primary N) is 1. The van der Waals surface area contributed by atoms with E-state index in [4.69, 9.17) is 5.73 Å². The van der Waals surface area contributed by atoms with Crippen LogP contribution in [-0.4, -0.2) is 15.0 Å². The number of aromatic nitrogens is 3. The second-order valence-electron chi connectivity index (χ2n) is 5.74. The zero-order chi connectivity index (χ0) is 18.9. The Morgan fingerprint density at radius 2 is 1.85 bits per heavy atom. The average molecular weight is 360 g/mol. The van der Waals surface area contributed by atoms with Crippen LogP contribution in [0.15, 0.2) is 47.4 Å². The van der Waals surface area contributed by atoms with Crippen LogP contribution in [0.25, 0.3) is 22.5 Å². The number of nitrogens with one attached hydrogen (secondary N) is 1. The highest BCUT2D eigenvalue weighted by Crippen LogP contribution is 2.31. The van der Waals surface area contributed by atoms with Crippen LogP contribution in [0.5, 0.6) is 0 Å². The van der Waals surface area contributed by atoms with Crippen molar-refractivity contribution in [2.75, 3.05) is 0 Å². The van der Waals surface area contributed by atoms with Crippen molar-refractivity contribution in [1.82, 2.24) is 15.0 Å². The van der Waals surface area contributed by atoms with E-state index in [1.54, 1.807) is 19.2 Å². The summed E-state index contributed by atoms with van der Waals surface area (Å²) in [4.78, 5) is 22.7. The highest BCUT2D eigenvalue weighted by molar-refractivity contribution is 5.69. The van der Waals surface area contributed by atoms with E-state index in [0.29, 0.717) is 29.1 Å². The molecule has 0 fully saturated rings. The first-order valence-corrected chi connectivity index (χ1v) is 7.73. The van der Waals surface area contributed by atoms with Crippen molar-refractivity contribution >= 4 is 0 Å². The van der Waals surface area contributed by atoms with E-state index in [9.17, 15) is 18.0 Å². The molecular formula is C18H15F3N4O. The lowest BCUT2D eigenvalue weighted by Gasteiger charge is -2.10. The fourth-order valence-electron chi connectivity index (χ4n) is 2.54. The lowest BCUT2D eigenvalue weighted by atomic mass is 10.0. The van der Waals surface area contributed by atoms with Crippen molar-refractivity contribution in [3.63, 3.8) is 0 Å². The van der Waals surface area contributed by atoms with Crippen molar-refractivity contribution in [3.8, 4) is 22.5 Å². The predicted molar refractivity (Wildman–Crippen MR) is 91.2 cm³/mol. The number of alkyl halides is 3. The van der Waals surface area contributed by atoms with Crippen LogP contribution >= 0.6 is 0 Å². The lowest BCUT2D eigenvalue weighted by Crippen LogP contribution is -2.13. The van der Waals surface area contributed by atoms with Gasteiger partial charge in [0.15, 0.2) is 0 Å². The maximum atomic E-state index is 12.7. The smallest absolute Gasteiger partial charge is 0.326 e. The minimum Gasteiger partial charge on any atom is -0.326 e. The van der Waals surface area contributed by atoms with Gasteiger partial charge in [0.2, 0.25) is 0 Å². The lowest BCUT2D eigenvalue weighted by molar-refractivity contribution is -0.137. The van der Waals surface area contributed by atoms with E-state index in [1.165, 1.54) is 12.1 Å². The van der Waals surface area contributed by atoms with E-state index in [2.05, 4.69) is 15.0 Å². The van der Waals surface area contributed by atoms with Crippen LogP contribution in [0.3, 0.4) is 0 Å². The summed E-state index contributed by atoms with van der Waals surface area (Å²) in [6.07, 6.45) is -2.77. The summed E-state index contributed by atoms with van der Waals surface area (Å²) in [5.74, 6) is 0. The highest BCUT2D eigenvalue weighted by atomic mass is 19.4. The number of aryl methyl sites for hydroxylation is 1. The van der Waals surface area contributed by atoms with Crippen LogP contribution in [0.4, 0.5) is 13.2 Å². The molecule has 5 nitrogen and oxygen atoms in total. The summed E-state index contributed by atoms with van der Waals surface area (Å²) in [5, 5.41) is 0. The summed E-state index contributed by atoms with van der Waals surface area (Å²) >= 11 is 0. The van der Waals surface area contributed by atoms with E-state index >= 15 is 0 Å². The average Bonchev–Trinajstić information content (AvgIpc) is 2.61. The van der Waals surface area contributed by atoms with Crippen molar-refractivity contribution in [2.45, 2.75) is 19.6 Å². The number of halogens is 3. The van der Waals surface area contributed by atoms with Gasteiger partial charge < -0.3 is 10.7 Å². The van der Waals surface area contributed by atoms with Gasteiger partial charge >= 0.3 is 11.9 Å². The van der Waals surface area contributed by atoms with Gasteiger partial charge in [-0.3, -0.25) is 4.98 Å². The van der Waals surface area contributed by atoms with E-state index < -0.39 is 17.4 Å². The molecule has 0 aliphatic carbocycles. The number of hydrogen-bond donors (Lipinski definition) is 2. The number of aromatic amines is 1. The van der Waals surface area contributed by atoms with Gasteiger partial charge in [-0.05, 0) is 36.8 Å². The molecule has 2 aromatic heterocycles. The Morgan fingerprint density at radius 1 is 1.15 bits per heavy atom. The van der Waals surface area contributed by atoms with Gasteiger partial charge in [0.05, 0.1) is 17.0 Å². The quantitative estimate of drug-likeness (QED) is 0.751. The molecule has 2 heterocycles. The summed E-state index contributed by atoms with van der Waals surface area (Å²) in [7, 11) is 0. The molecule has 0 bridgehead atoms. The molecule has 0 saturated heterocycles. The molecule has 3 aromatic rings. The molecule has 1 aromatic carbocycles. The molecule has 0 radical (unpaired) electrons. The molecule has 3 N–H and O–H groups in total. The molecule has 0 atom stereocenters. The summed E-state index contributed by atoms with van der Waals surface area (Å²) in [6.45, 7) is 2.08. The maximum absolute atomic E-state index is 12.7. The Kier molecular flexibility index (Phi) is 4.60. The molecule has 134 valence electrons. The zero-order valence-electron chi connectivity index (χ0n) is 13.8. The molecule has 3 rings (SSSR count). The standard InChI is InChI=1S/C18H15F3N4O/c1-10-14(6-11(8-22)9-23-10)16-7-15(24-17(26)25-16)12-2-4-13(5-3-12)18(19,20)21/h2-7,9H,8,22H2,1H3,(H,24,25,26). The number of nitrogens with zero attached hydrogens (tertiary/aromatic N) is 2. The molecule has 0 amide bonds. The van der Waals surface area contributed by atoms with Crippen molar-refractivity contribution in [2.24, 2.45) is 5.73 Å². The Morgan fingerprint density at radius 3 is 2.46 bits per heavy atom. The fourth-order valence-corrected chi connectivity index (χ4v) is 2.54. The minimum atomic E-state index is -4.42. The van der Waals surface area contributed by atoms with Gasteiger partial charge in [-0.15, -0.1) is 0 Å². The molecule has 26 heavy (non-hydrogen) atoms. The monoisotopic (exact) mass is 360 g/mol. The van der Waals surface area contributed by atoms with Crippen molar-refractivity contribution in [3.05, 3.63) is 69.9 Å². The Balaban J connectivity index is 2.08. The molecule has 0 spiro atoms. The van der Waals surface area contributed by atoms with Crippen LogP contribution in [0.1, 0.15) is 16.8 Å². The van der Waals surface area contributed by atoms with Gasteiger partial charge in [-0.1, -0.05) is 12.1 Å². The topological polar surface area (TPSA) is 84.7 Å². The molecule has 8 heteroatoms. The van der Waals surface area contributed by atoms with Gasteiger partial charge in [-0.25, -0.2) is 4.79 Å². The second-order valence-corrected chi connectivity index (χ2v) is 5.74. The largest absolute Gasteiger partial charge is 0.416 e. The Hall–Kier alpha value is -3.00. The number of hydrogen-bond acceptors (Lipinski definition) is 4. The summed E-state index contributed by atoms with van der Waals surface area (Å²) in [6, 6.07) is 7.91. The SMILES string of the molecule is Cc1ncc(CN)cc1-c1cc(-c2ccc(C(F)(F)F)cc2)nc(=O)[nH]1. The minimum absolute atomic E-state index is 0.273. The number of rotatable bonds is 3. The van der Waals surface area contributed by atoms with Crippen LogP contribution < -0.4 is 11.4 Å². The predicted octanol–water partition coefficient (Wildman–Crippen LogP) is 3.28. The number of H-pyrrole nitrogens is 1. The van der Waals surface area contributed by atoms with Gasteiger partial charge in [0.1, 0.15) is 0 Å². The van der Waals surface area contributed by atoms with E-state index in [-0.39, 0.29) is 5.69 Å². The van der Waals surface area contributed by atoms with E-state index in [0.717, 1.165) is 17.7 Å². The van der Waals surface area contributed by atoms with Crippen molar-refractivity contribution in [1.29, 1.82) is 0 Å². The normalized spacial score (nSPS) is 11.6. The maximum Gasteiger partial charge on any atom is 0.416 e. The Bertz CT molecular complexity index is 995. The van der Waals surface area contributed by atoms with Crippen LogP contribution in [-0.2, 0) is 12.7 Å². The highest BCUT2D eigenvalue weighted by Gasteiger charge is 2.30. The van der Waals surface area contributed by atoms with Gasteiger partial charge in [0.25, 0.3) is 0 Å². The molecule has 0 aliphatic heterocycles. The first-order valence-electron chi connectivity index (χ1n) is 7.73. The molecule has 0 saturated carbocycles. The zero-order valence-corrected chi connectivity index (χ0v) is 13.8. The third-order valence-corrected chi connectivity index (χ3v) is 3.92. The second kappa shape index (κ2) is 6.72. The first-order chi connectivity index (χ1) is 12.3. The third-order valence-electron chi connectivity index (χ3n) is 3.92. The molecule has 0 unspecified atom stereocenters. The third kappa shape index (κ3) is 3.65. The number of benzene rings is 1. The number of pyridine rings is 1. The summed E-state index contributed by atoms with van der Waals surface area (Å²) in [5.41, 5.74) is 7.58. The van der Waals surface area contributed by atoms with Crippen LogP contribution in [0, 0.1) is 6.92 Å².